The number of hydrogen-bond acceptors (Lipinski definition) is 10. The van der Waals surface area contributed by atoms with Crippen LogP contribution in [0, 0.1) is 13.8 Å². The van der Waals surface area contributed by atoms with Gasteiger partial charge in [0.1, 0.15) is 9.79 Å². The predicted molar refractivity (Wildman–Crippen MR) is 173 cm³/mol. The molecule has 0 unspecified atom stereocenters. The standard InChI is InChI=1S/C29H22F6O6S6/c1-15-7-3-5-9-23(15)46(36,37)40-25-19(42)11-17(12-20(25)43)27(28(30,31)32,29(33,34)35)18-13-21(44)26(22(45)14-18)41-47(38,39)24-10-6-4-8-16(24)2/h3-14,42-45H,1-2H3. The van der Waals surface area contributed by atoms with E-state index in [0.29, 0.717) is 24.3 Å². The SMILES string of the molecule is Cc1ccccc1S(=O)(=O)Oc1c(S)cc(C(c2cc(S)c(OS(=O)(=O)c3ccccc3C)c(S)c2)(C(F)(F)F)C(F)(F)F)cc1S. The molecule has 18 heteroatoms. The van der Waals surface area contributed by atoms with Crippen LogP contribution in [0.15, 0.2) is 102 Å². The molecule has 4 aromatic carbocycles. The Morgan fingerprint density at radius 2 is 0.809 bits per heavy atom. The summed E-state index contributed by atoms with van der Waals surface area (Å²) >= 11 is 15.9. The fraction of sp³-hybridized carbons (Fsp3) is 0.172. The number of halogens is 6. The van der Waals surface area contributed by atoms with Crippen molar-refractivity contribution < 1.29 is 51.5 Å². The van der Waals surface area contributed by atoms with Crippen LogP contribution in [-0.4, -0.2) is 29.2 Å². The van der Waals surface area contributed by atoms with Crippen LogP contribution < -0.4 is 8.37 Å². The van der Waals surface area contributed by atoms with Gasteiger partial charge in [0.25, 0.3) is 0 Å². The smallest absolute Gasteiger partial charge is 0.377 e. The van der Waals surface area contributed by atoms with Gasteiger partial charge in [-0.1, -0.05) is 36.4 Å². The average Bonchev–Trinajstić information content (AvgIpc) is 2.92. The van der Waals surface area contributed by atoms with E-state index in [4.69, 9.17) is 8.37 Å². The topological polar surface area (TPSA) is 86.7 Å². The lowest BCUT2D eigenvalue weighted by atomic mass is 9.73. The Hall–Kier alpha value is -2.64. The summed E-state index contributed by atoms with van der Waals surface area (Å²) in [4.78, 5) is -3.49. The van der Waals surface area contributed by atoms with Crippen LogP contribution in [0.4, 0.5) is 26.3 Å². The highest BCUT2D eigenvalue weighted by Gasteiger charge is 2.73. The summed E-state index contributed by atoms with van der Waals surface area (Å²) in [5, 5.41) is 0. The summed E-state index contributed by atoms with van der Waals surface area (Å²) in [6.07, 6.45) is -12.2. The first-order valence-electron chi connectivity index (χ1n) is 12.8. The zero-order valence-corrected chi connectivity index (χ0v) is 29.0. The maximum Gasteiger partial charge on any atom is 0.411 e. The second-order valence-electron chi connectivity index (χ2n) is 10.0. The average molecular weight is 773 g/mol. The molecule has 0 fully saturated rings. The van der Waals surface area contributed by atoms with E-state index in [9.17, 15) is 43.2 Å². The van der Waals surface area contributed by atoms with Crippen molar-refractivity contribution in [3.63, 3.8) is 0 Å². The highest BCUT2D eigenvalue weighted by molar-refractivity contribution is 7.87. The van der Waals surface area contributed by atoms with E-state index in [0.717, 1.165) is 0 Å². The summed E-state index contributed by atoms with van der Waals surface area (Å²) in [5.74, 6) is -1.45. The molecule has 4 aromatic rings. The first-order chi connectivity index (χ1) is 21.5. The van der Waals surface area contributed by atoms with Gasteiger partial charge in [-0.2, -0.15) is 43.2 Å². The number of aryl methyl sites for hydroxylation is 2. The number of rotatable bonds is 8. The molecule has 0 aliphatic rings. The zero-order valence-electron chi connectivity index (χ0n) is 23.8. The summed E-state index contributed by atoms with van der Waals surface area (Å²) in [6.45, 7) is 2.90. The normalized spacial score (nSPS) is 13.0. The van der Waals surface area contributed by atoms with Crippen LogP contribution >= 0.6 is 50.5 Å². The van der Waals surface area contributed by atoms with Crippen LogP contribution in [0.5, 0.6) is 11.5 Å². The molecule has 0 bridgehead atoms. The number of thiol groups is 4. The van der Waals surface area contributed by atoms with E-state index < -0.39 is 80.2 Å². The van der Waals surface area contributed by atoms with Gasteiger partial charge in [-0.3, -0.25) is 0 Å². The van der Waals surface area contributed by atoms with Gasteiger partial charge in [0.15, 0.2) is 11.5 Å². The van der Waals surface area contributed by atoms with Gasteiger partial charge in [0, 0.05) is 19.6 Å². The van der Waals surface area contributed by atoms with Crippen molar-refractivity contribution in [3.8, 4) is 11.5 Å². The first-order valence-corrected chi connectivity index (χ1v) is 17.4. The maximum atomic E-state index is 15.0. The molecule has 6 nitrogen and oxygen atoms in total. The molecule has 0 spiro atoms. The van der Waals surface area contributed by atoms with Gasteiger partial charge in [-0.05, 0) is 72.5 Å². The van der Waals surface area contributed by atoms with Crippen molar-refractivity contribution in [2.75, 3.05) is 0 Å². The van der Waals surface area contributed by atoms with Crippen molar-refractivity contribution >= 4 is 70.8 Å². The molecular weight excluding hydrogens is 751 g/mol. The molecule has 0 aromatic heterocycles. The number of hydrogen-bond donors (Lipinski definition) is 4. The Bertz CT molecular complexity index is 1880. The third-order valence-electron chi connectivity index (χ3n) is 6.93. The Kier molecular flexibility index (Phi) is 10.3. The van der Waals surface area contributed by atoms with Gasteiger partial charge >= 0.3 is 32.6 Å². The second-order valence-corrected chi connectivity index (χ2v) is 15.0. The Morgan fingerprint density at radius 3 is 1.06 bits per heavy atom. The number of benzene rings is 4. The van der Waals surface area contributed by atoms with E-state index >= 15 is 0 Å². The first kappa shape index (κ1) is 37.2. The Morgan fingerprint density at radius 1 is 0.532 bits per heavy atom. The molecule has 47 heavy (non-hydrogen) atoms. The minimum absolute atomic E-state index is 0.253. The van der Waals surface area contributed by atoms with Crippen LogP contribution in [-0.2, 0) is 25.7 Å². The lowest BCUT2D eigenvalue weighted by Gasteiger charge is -2.39. The van der Waals surface area contributed by atoms with Crippen molar-refractivity contribution in [2.24, 2.45) is 0 Å². The monoisotopic (exact) mass is 772 g/mol. The van der Waals surface area contributed by atoms with Crippen LogP contribution in [0.25, 0.3) is 0 Å². The molecule has 0 aliphatic carbocycles. The third kappa shape index (κ3) is 6.94. The maximum absolute atomic E-state index is 15.0. The van der Waals surface area contributed by atoms with Crippen molar-refractivity contribution in [3.05, 3.63) is 95.1 Å². The molecule has 0 N–H and O–H groups in total. The van der Waals surface area contributed by atoms with E-state index in [1.165, 1.54) is 50.2 Å². The molecular formula is C29H22F6O6S6. The highest BCUT2D eigenvalue weighted by Crippen LogP contribution is 2.58. The molecule has 0 aliphatic heterocycles. The van der Waals surface area contributed by atoms with Crippen molar-refractivity contribution in [2.45, 2.75) is 61.0 Å². The molecule has 252 valence electrons. The van der Waals surface area contributed by atoms with Crippen LogP contribution in [0.3, 0.4) is 0 Å². The largest absolute Gasteiger partial charge is 0.411 e. The molecule has 0 heterocycles. The lowest BCUT2D eigenvalue weighted by Crippen LogP contribution is -2.54. The Balaban J connectivity index is 1.91. The molecule has 0 atom stereocenters. The molecule has 0 radical (unpaired) electrons. The van der Waals surface area contributed by atoms with Gasteiger partial charge in [-0.15, -0.1) is 50.5 Å². The summed E-state index contributed by atoms with van der Waals surface area (Å²) < 4.78 is 152. The molecule has 0 saturated heterocycles. The third-order valence-corrected chi connectivity index (χ3v) is 11.0. The van der Waals surface area contributed by atoms with Crippen LogP contribution in [0.2, 0.25) is 0 Å². The van der Waals surface area contributed by atoms with Crippen molar-refractivity contribution in [1.29, 1.82) is 0 Å². The van der Waals surface area contributed by atoms with Crippen molar-refractivity contribution in [1.82, 2.24) is 0 Å². The zero-order chi connectivity index (χ0) is 35.3. The molecule has 0 saturated carbocycles. The molecule has 4 rings (SSSR count). The van der Waals surface area contributed by atoms with E-state index in [1.54, 1.807) is 12.1 Å². The van der Waals surface area contributed by atoms with E-state index in [-0.39, 0.29) is 20.9 Å². The fourth-order valence-corrected chi connectivity index (χ4v) is 8.80. The number of alkyl halides is 6. The summed E-state index contributed by atoms with van der Waals surface area (Å²) in [6, 6.07) is 12.6. The van der Waals surface area contributed by atoms with E-state index in [1.807, 2.05) is 0 Å². The summed E-state index contributed by atoms with van der Waals surface area (Å²) in [7, 11) is -9.25. The van der Waals surface area contributed by atoms with Gasteiger partial charge in [0.2, 0.25) is 5.41 Å². The van der Waals surface area contributed by atoms with Gasteiger partial charge in [-0.25, -0.2) is 0 Å². The lowest BCUT2D eigenvalue weighted by molar-refractivity contribution is -0.288. The van der Waals surface area contributed by atoms with Gasteiger partial charge < -0.3 is 8.37 Å². The van der Waals surface area contributed by atoms with E-state index in [2.05, 4.69) is 50.5 Å². The Labute approximate surface area is 288 Å². The second kappa shape index (κ2) is 13.0. The summed E-state index contributed by atoms with van der Waals surface area (Å²) in [5.41, 5.74) is -7.24. The minimum atomic E-state index is -6.11. The quantitative estimate of drug-likeness (QED) is 0.0819. The molecule has 0 amide bonds. The predicted octanol–water partition coefficient (Wildman–Crippen LogP) is 8.40. The van der Waals surface area contributed by atoms with Crippen LogP contribution in [0.1, 0.15) is 22.3 Å². The minimum Gasteiger partial charge on any atom is -0.377 e. The fourth-order valence-electron chi connectivity index (χ4n) is 4.77. The van der Waals surface area contributed by atoms with Gasteiger partial charge in [0.05, 0.1) is 0 Å². The highest BCUT2D eigenvalue weighted by atomic mass is 32.2.